The van der Waals surface area contributed by atoms with Crippen LogP contribution in [0.1, 0.15) is 37.8 Å². The summed E-state index contributed by atoms with van der Waals surface area (Å²) in [6.45, 7) is 5.18. The van der Waals surface area contributed by atoms with Crippen LogP contribution < -0.4 is 5.32 Å². The monoisotopic (exact) mass is 350 g/mol. The first-order valence-electron chi connectivity index (χ1n) is 9.32. The van der Waals surface area contributed by atoms with Gasteiger partial charge in [0.15, 0.2) is 0 Å². The molecule has 136 valence electrons. The van der Waals surface area contributed by atoms with Gasteiger partial charge in [0.1, 0.15) is 5.41 Å². The maximum Gasteiger partial charge on any atom is 0.240 e. The van der Waals surface area contributed by atoms with Gasteiger partial charge in [-0.3, -0.25) is 9.59 Å². The van der Waals surface area contributed by atoms with E-state index in [0.29, 0.717) is 25.9 Å². The van der Waals surface area contributed by atoms with Gasteiger partial charge >= 0.3 is 0 Å². The fourth-order valence-electron chi connectivity index (χ4n) is 3.17. The second-order valence-electron chi connectivity index (χ2n) is 6.89. The molecular weight excluding hydrogens is 324 g/mol. The summed E-state index contributed by atoms with van der Waals surface area (Å²) in [7, 11) is 0. The third-order valence-electron chi connectivity index (χ3n) is 5.10. The topological polar surface area (TPSA) is 49.4 Å². The van der Waals surface area contributed by atoms with Gasteiger partial charge in [0.25, 0.3) is 0 Å². The number of carbonyl (C=O) groups excluding carboxylic acids is 2. The standard InChI is InChI=1S/C22H26N2O2/c1-3-17-10-12-19(13-11-17)23-20(25)22(14-15-22)21(26)24(4-2)16-18-8-6-5-7-9-18/h5-13H,3-4,14-16H2,1-2H3,(H,23,25). The zero-order valence-corrected chi connectivity index (χ0v) is 15.5. The highest BCUT2D eigenvalue weighted by molar-refractivity contribution is 6.13. The molecule has 3 rings (SSSR count). The first-order chi connectivity index (χ1) is 12.6. The quantitative estimate of drug-likeness (QED) is 0.767. The second kappa shape index (κ2) is 7.73. The van der Waals surface area contributed by atoms with Gasteiger partial charge in [-0.25, -0.2) is 0 Å². The van der Waals surface area contributed by atoms with Gasteiger partial charge in [-0.1, -0.05) is 49.4 Å². The molecule has 1 saturated carbocycles. The smallest absolute Gasteiger partial charge is 0.240 e. The number of amides is 2. The summed E-state index contributed by atoms with van der Waals surface area (Å²) in [4.78, 5) is 27.6. The Morgan fingerprint density at radius 2 is 1.62 bits per heavy atom. The van der Waals surface area contributed by atoms with Crippen molar-refractivity contribution in [1.29, 1.82) is 0 Å². The summed E-state index contributed by atoms with van der Waals surface area (Å²) in [6, 6.07) is 17.7. The van der Waals surface area contributed by atoms with Crippen molar-refractivity contribution in [2.45, 2.75) is 39.7 Å². The van der Waals surface area contributed by atoms with Crippen LogP contribution in [0.25, 0.3) is 0 Å². The number of hydrogen-bond acceptors (Lipinski definition) is 2. The fourth-order valence-corrected chi connectivity index (χ4v) is 3.17. The van der Waals surface area contributed by atoms with E-state index in [-0.39, 0.29) is 11.8 Å². The van der Waals surface area contributed by atoms with E-state index in [4.69, 9.17) is 0 Å². The highest BCUT2D eigenvalue weighted by Gasteiger charge is 2.57. The highest BCUT2D eigenvalue weighted by atomic mass is 16.2. The van der Waals surface area contributed by atoms with E-state index < -0.39 is 5.41 Å². The Morgan fingerprint density at radius 3 is 2.15 bits per heavy atom. The molecule has 1 aliphatic carbocycles. The van der Waals surface area contributed by atoms with Gasteiger partial charge in [0, 0.05) is 18.8 Å². The molecule has 26 heavy (non-hydrogen) atoms. The molecule has 0 spiro atoms. The lowest BCUT2D eigenvalue weighted by atomic mass is 10.0. The maximum atomic E-state index is 13.1. The lowest BCUT2D eigenvalue weighted by molar-refractivity contribution is -0.142. The van der Waals surface area contributed by atoms with Crippen LogP contribution in [-0.2, 0) is 22.6 Å². The fraction of sp³-hybridized carbons (Fsp3) is 0.364. The van der Waals surface area contributed by atoms with Crippen LogP contribution in [0, 0.1) is 5.41 Å². The minimum absolute atomic E-state index is 0.0634. The van der Waals surface area contributed by atoms with Crippen LogP contribution in [-0.4, -0.2) is 23.3 Å². The molecule has 0 aromatic heterocycles. The normalized spacial score (nSPS) is 14.5. The van der Waals surface area contributed by atoms with Crippen molar-refractivity contribution in [1.82, 2.24) is 4.90 Å². The number of aryl methyl sites for hydroxylation is 1. The molecular formula is C22H26N2O2. The zero-order valence-electron chi connectivity index (χ0n) is 15.5. The van der Waals surface area contributed by atoms with Crippen LogP contribution in [0.15, 0.2) is 54.6 Å². The van der Waals surface area contributed by atoms with Crippen molar-refractivity contribution in [3.63, 3.8) is 0 Å². The van der Waals surface area contributed by atoms with Gasteiger partial charge in [-0.05, 0) is 49.4 Å². The van der Waals surface area contributed by atoms with Crippen molar-refractivity contribution in [2.24, 2.45) is 5.41 Å². The van der Waals surface area contributed by atoms with Crippen molar-refractivity contribution in [3.8, 4) is 0 Å². The molecule has 1 fully saturated rings. The third-order valence-corrected chi connectivity index (χ3v) is 5.10. The lowest BCUT2D eigenvalue weighted by Crippen LogP contribution is -2.42. The van der Waals surface area contributed by atoms with Gasteiger partial charge in [0.2, 0.25) is 11.8 Å². The first-order valence-corrected chi connectivity index (χ1v) is 9.32. The van der Waals surface area contributed by atoms with Crippen LogP contribution in [0.5, 0.6) is 0 Å². The Kier molecular flexibility index (Phi) is 5.40. The van der Waals surface area contributed by atoms with E-state index in [0.717, 1.165) is 17.7 Å². The Balaban J connectivity index is 1.69. The molecule has 0 atom stereocenters. The van der Waals surface area contributed by atoms with Crippen LogP contribution in [0.4, 0.5) is 5.69 Å². The predicted molar refractivity (Wildman–Crippen MR) is 104 cm³/mol. The van der Waals surface area contributed by atoms with Gasteiger partial charge in [-0.15, -0.1) is 0 Å². The summed E-state index contributed by atoms with van der Waals surface area (Å²) in [5.74, 6) is -0.246. The summed E-state index contributed by atoms with van der Waals surface area (Å²) in [6.07, 6.45) is 2.20. The minimum atomic E-state index is -0.895. The molecule has 0 radical (unpaired) electrons. The van der Waals surface area contributed by atoms with Crippen LogP contribution >= 0.6 is 0 Å². The van der Waals surface area contributed by atoms with E-state index in [1.807, 2.05) is 61.5 Å². The molecule has 0 aliphatic heterocycles. The van der Waals surface area contributed by atoms with Crippen molar-refractivity contribution in [2.75, 3.05) is 11.9 Å². The number of rotatable bonds is 7. The molecule has 2 amide bonds. The van der Waals surface area contributed by atoms with Crippen LogP contribution in [0.2, 0.25) is 0 Å². The highest BCUT2D eigenvalue weighted by Crippen LogP contribution is 2.48. The molecule has 0 bridgehead atoms. The third kappa shape index (κ3) is 3.79. The molecule has 2 aromatic carbocycles. The Labute approximate surface area is 155 Å². The van der Waals surface area contributed by atoms with Crippen LogP contribution in [0.3, 0.4) is 0 Å². The van der Waals surface area contributed by atoms with Gasteiger partial charge < -0.3 is 10.2 Å². The molecule has 4 nitrogen and oxygen atoms in total. The van der Waals surface area contributed by atoms with E-state index in [9.17, 15) is 9.59 Å². The predicted octanol–water partition coefficient (Wildman–Crippen LogP) is 4.02. The van der Waals surface area contributed by atoms with E-state index in [1.54, 1.807) is 4.90 Å². The molecule has 0 saturated heterocycles. The molecule has 1 N–H and O–H groups in total. The van der Waals surface area contributed by atoms with Gasteiger partial charge in [-0.2, -0.15) is 0 Å². The molecule has 2 aromatic rings. The summed E-state index contributed by atoms with van der Waals surface area (Å²) in [5, 5.41) is 2.93. The number of nitrogens with zero attached hydrogens (tertiary/aromatic N) is 1. The lowest BCUT2D eigenvalue weighted by Gasteiger charge is -2.26. The molecule has 0 unspecified atom stereocenters. The molecule has 4 heteroatoms. The molecule has 0 heterocycles. The SMILES string of the molecule is CCc1ccc(NC(=O)C2(C(=O)N(CC)Cc3ccccc3)CC2)cc1. The van der Waals surface area contributed by atoms with E-state index >= 15 is 0 Å². The largest absolute Gasteiger partial charge is 0.338 e. The Morgan fingerprint density at radius 1 is 0.962 bits per heavy atom. The summed E-state index contributed by atoms with van der Waals surface area (Å²) >= 11 is 0. The number of benzene rings is 2. The first kappa shape index (κ1) is 18.2. The van der Waals surface area contributed by atoms with Crippen molar-refractivity contribution < 1.29 is 9.59 Å². The van der Waals surface area contributed by atoms with Crippen molar-refractivity contribution >= 4 is 17.5 Å². The molecule has 1 aliphatic rings. The minimum Gasteiger partial charge on any atom is -0.338 e. The summed E-state index contributed by atoms with van der Waals surface area (Å²) < 4.78 is 0. The Hall–Kier alpha value is -2.62. The summed E-state index contributed by atoms with van der Waals surface area (Å²) in [5.41, 5.74) is 2.15. The number of nitrogens with one attached hydrogen (secondary N) is 1. The number of anilines is 1. The average molecular weight is 350 g/mol. The zero-order chi connectivity index (χ0) is 18.6. The number of carbonyl (C=O) groups is 2. The van der Waals surface area contributed by atoms with Crippen molar-refractivity contribution in [3.05, 3.63) is 65.7 Å². The van der Waals surface area contributed by atoms with E-state index in [2.05, 4.69) is 12.2 Å². The number of hydrogen-bond donors (Lipinski definition) is 1. The second-order valence-corrected chi connectivity index (χ2v) is 6.89. The maximum absolute atomic E-state index is 13.1. The van der Waals surface area contributed by atoms with E-state index in [1.165, 1.54) is 5.56 Å². The van der Waals surface area contributed by atoms with Gasteiger partial charge in [0.05, 0.1) is 0 Å². The average Bonchev–Trinajstić information content (AvgIpc) is 3.49. The Bertz CT molecular complexity index is 764.